The Kier molecular flexibility index (Phi) is 14.8. The third-order valence-corrected chi connectivity index (χ3v) is 15.6. The molecule has 3 heterocycles. The van der Waals surface area contributed by atoms with Crippen LogP contribution in [-0.2, 0) is 45.5 Å². The van der Waals surface area contributed by atoms with E-state index in [9.17, 15) is 43.2 Å². The average molecular weight is 962 g/mol. The number of nitrogens with zero attached hydrogens (tertiary/aromatic N) is 5. The molecule has 0 saturated carbocycles. The molecule has 0 aliphatic carbocycles. The van der Waals surface area contributed by atoms with Crippen LogP contribution in [0.4, 0.5) is 37.8 Å². The lowest BCUT2D eigenvalue weighted by Gasteiger charge is -2.40. The van der Waals surface area contributed by atoms with Gasteiger partial charge in [0.1, 0.15) is 17.0 Å². The van der Waals surface area contributed by atoms with Crippen molar-refractivity contribution in [3.05, 3.63) is 126 Å². The Morgan fingerprint density at radius 2 is 1.54 bits per heavy atom. The number of aromatic nitrogens is 2. The highest BCUT2D eigenvalue weighted by Gasteiger charge is 2.48. The van der Waals surface area contributed by atoms with Gasteiger partial charge in [-0.15, -0.1) is 11.8 Å². The number of likely N-dealkylation sites (tertiary alicyclic amines) is 1. The molecule has 11 nitrogen and oxygen atoms in total. The zero-order valence-corrected chi connectivity index (χ0v) is 38.1. The summed E-state index contributed by atoms with van der Waals surface area (Å²) in [6.45, 7) is 3.67. The van der Waals surface area contributed by atoms with Crippen LogP contribution in [0, 0.1) is 0 Å². The zero-order chi connectivity index (χ0) is 46.6. The van der Waals surface area contributed by atoms with Crippen LogP contribution in [0.25, 0.3) is 11.1 Å². The summed E-state index contributed by atoms with van der Waals surface area (Å²) in [6, 6.07) is 24.6. The van der Waals surface area contributed by atoms with Crippen molar-refractivity contribution in [1.29, 1.82) is 0 Å². The molecule has 5 aromatic rings. The standard InChI is InChI=1S/C45H49F6N7O4S3/c1-56(2)22-18-34(29-63-36-9-4-3-5-10-36)54-40-17-16-37(26-42(40)64(59,60)45(49,50)51)65(61,62)55-43-39-21-25-58(28-41(39)52-30-53-43)35-19-23-57(24-20-35)27-32-8-6-7-11-38(32)31-12-14-33(15-13-31)44(46,47)48/h3-17,26,30,34-35,54H,18-25,27-29H2,1-2H3,(H,52,53,55)/t34-/m1/s1. The van der Waals surface area contributed by atoms with E-state index in [1.165, 1.54) is 30.2 Å². The van der Waals surface area contributed by atoms with Gasteiger partial charge >= 0.3 is 11.7 Å². The molecule has 7 rings (SSSR count). The third kappa shape index (κ3) is 11.8. The first-order chi connectivity index (χ1) is 30.8. The lowest BCUT2D eigenvalue weighted by Crippen LogP contribution is -2.46. The number of alkyl halides is 6. The number of nitrogens with one attached hydrogen (secondary N) is 2. The summed E-state index contributed by atoms with van der Waals surface area (Å²) >= 11 is 1.45. The Balaban J connectivity index is 1.03. The second-order valence-corrected chi connectivity index (χ2v) is 21.1. The van der Waals surface area contributed by atoms with Crippen LogP contribution >= 0.6 is 11.8 Å². The molecule has 0 unspecified atom stereocenters. The first-order valence-corrected chi connectivity index (χ1v) is 24.9. The van der Waals surface area contributed by atoms with Crippen LogP contribution in [0.3, 0.4) is 0 Å². The lowest BCUT2D eigenvalue weighted by molar-refractivity contribution is -0.137. The van der Waals surface area contributed by atoms with Crippen LogP contribution in [0.1, 0.15) is 41.6 Å². The maximum atomic E-state index is 14.2. The molecule has 4 aromatic carbocycles. The van der Waals surface area contributed by atoms with Crippen LogP contribution in [-0.4, -0.2) is 105 Å². The number of halogens is 6. The maximum absolute atomic E-state index is 14.2. The van der Waals surface area contributed by atoms with E-state index in [0.29, 0.717) is 67.7 Å². The van der Waals surface area contributed by atoms with E-state index in [1.54, 1.807) is 0 Å². The highest BCUT2D eigenvalue weighted by molar-refractivity contribution is 7.99. The van der Waals surface area contributed by atoms with E-state index < -0.39 is 52.9 Å². The Labute approximate surface area is 379 Å². The normalized spacial score (nSPS) is 16.3. The highest BCUT2D eigenvalue weighted by atomic mass is 32.2. The molecule has 1 saturated heterocycles. The number of hydrogen-bond donors (Lipinski definition) is 2. The largest absolute Gasteiger partial charge is 0.501 e. The van der Waals surface area contributed by atoms with E-state index in [-0.39, 0.29) is 17.5 Å². The van der Waals surface area contributed by atoms with Crippen molar-refractivity contribution in [3.63, 3.8) is 0 Å². The summed E-state index contributed by atoms with van der Waals surface area (Å²) < 4.78 is 138. The lowest BCUT2D eigenvalue weighted by atomic mass is 9.96. The molecule has 0 amide bonds. The van der Waals surface area contributed by atoms with Crippen molar-refractivity contribution >= 4 is 43.1 Å². The summed E-state index contributed by atoms with van der Waals surface area (Å²) in [5.74, 6) is 0.340. The molecule has 1 atom stereocenters. The van der Waals surface area contributed by atoms with Crippen LogP contribution in [0.15, 0.2) is 118 Å². The van der Waals surface area contributed by atoms with Crippen molar-refractivity contribution in [2.24, 2.45) is 0 Å². The fourth-order valence-electron chi connectivity index (χ4n) is 8.10. The second-order valence-electron chi connectivity index (χ2n) is 16.4. The van der Waals surface area contributed by atoms with Gasteiger partial charge in [0.05, 0.1) is 21.8 Å². The predicted octanol–water partition coefficient (Wildman–Crippen LogP) is 8.80. The van der Waals surface area contributed by atoms with Crippen LogP contribution < -0.4 is 10.0 Å². The van der Waals surface area contributed by atoms with Crippen molar-refractivity contribution in [1.82, 2.24) is 24.7 Å². The SMILES string of the molecule is CN(C)CC[C@H](CSc1ccccc1)Nc1ccc(S(=O)(=O)Nc2ncnc3c2CCN(C2CCN(Cc4ccccc4-c4ccc(C(F)(F)F)cc4)CC2)C3)cc1S(=O)(=O)C(F)(F)F. The van der Waals surface area contributed by atoms with Crippen molar-refractivity contribution in [3.8, 4) is 11.1 Å². The van der Waals surface area contributed by atoms with Crippen LogP contribution in [0.5, 0.6) is 0 Å². The molecular weight excluding hydrogens is 913 g/mol. The fraction of sp³-hybridized carbons (Fsp3) is 0.378. The van der Waals surface area contributed by atoms with Gasteiger partial charge in [-0.25, -0.2) is 26.8 Å². The highest BCUT2D eigenvalue weighted by Crippen LogP contribution is 2.38. The fourth-order valence-corrected chi connectivity index (χ4v) is 11.2. The van der Waals surface area contributed by atoms with Gasteiger partial charge in [-0.2, -0.15) is 26.3 Å². The van der Waals surface area contributed by atoms with Crippen molar-refractivity contribution < 1.29 is 43.2 Å². The molecule has 0 radical (unpaired) electrons. The van der Waals surface area contributed by atoms with Crippen molar-refractivity contribution in [2.45, 2.75) is 77.2 Å². The Morgan fingerprint density at radius 1 is 0.846 bits per heavy atom. The number of benzene rings is 4. The van der Waals surface area contributed by atoms with Gasteiger partial charge in [0, 0.05) is 47.9 Å². The molecular formula is C45H49F6N7O4S3. The molecule has 65 heavy (non-hydrogen) atoms. The second kappa shape index (κ2) is 20.0. The minimum atomic E-state index is -6.01. The topological polar surface area (TPSA) is 128 Å². The summed E-state index contributed by atoms with van der Waals surface area (Å²) in [5, 5.41) is 2.98. The van der Waals surface area contributed by atoms with Crippen LogP contribution in [0.2, 0.25) is 0 Å². The number of rotatable bonds is 16. The number of sulfone groups is 1. The van der Waals surface area contributed by atoms with Gasteiger partial charge in [0.15, 0.2) is 0 Å². The number of sulfonamides is 1. The van der Waals surface area contributed by atoms with E-state index in [1.807, 2.05) is 73.6 Å². The van der Waals surface area contributed by atoms with E-state index >= 15 is 0 Å². The quantitative estimate of drug-likeness (QED) is 0.0728. The minimum absolute atomic E-state index is 0.0414. The van der Waals surface area contributed by atoms with Crippen molar-refractivity contribution in [2.75, 3.05) is 56.1 Å². The first kappa shape index (κ1) is 48.2. The summed E-state index contributed by atoms with van der Waals surface area (Å²) in [6.07, 6.45) is -0.717. The number of piperidine rings is 1. The monoisotopic (exact) mass is 961 g/mol. The van der Waals surface area contributed by atoms with Gasteiger partial charge < -0.3 is 10.2 Å². The third-order valence-electron chi connectivity index (χ3n) is 11.6. The number of thioether (sulfide) groups is 1. The summed E-state index contributed by atoms with van der Waals surface area (Å²) in [4.78, 5) is 14.2. The van der Waals surface area contributed by atoms with Gasteiger partial charge in [-0.1, -0.05) is 54.6 Å². The van der Waals surface area contributed by atoms with Gasteiger partial charge in [0.2, 0.25) is 0 Å². The van der Waals surface area contributed by atoms with Gasteiger partial charge in [0.25, 0.3) is 19.9 Å². The molecule has 2 aliphatic rings. The number of fused-ring (bicyclic) bond motifs is 1. The first-order valence-electron chi connectivity index (χ1n) is 20.9. The predicted molar refractivity (Wildman–Crippen MR) is 240 cm³/mol. The molecule has 0 spiro atoms. The molecule has 1 aromatic heterocycles. The van der Waals surface area contributed by atoms with E-state index in [2.05, 4.69) is 29.8 Å². The average Bonchev–Trinajstić information content (AvgIpc) is 3.27. The molecule has 348 valence electrons. The number of hydrogen-bond acceptors (Lipinski definition) is 11. The minimum Gasteiger partial charge on any atom is -0.380 e. The summed E-state index contributed by atoms with van der Waals surface area (Å²) in [5.41, 5.74) is -3.07. The molecule has 1 fully saturated rings. The Hall–Kier alpha value is -4.73. The zero-order valence-electron chi connectivity index (χ0n) is 35.6. The molecule has 0 bridgehead atoms. The van der Waals surface area contributed by atoms with E-state index in [0.717, 1.165) is 66.2 Å². The Bertz CT molecular complexity index is 2650. The Morgan fingerprint density at radius 3 is 2.22 bits per heavy atom. The van der Waals surface area contributed by atoms with E-state index in [4.69, 9.17) is 0 Å². The van der Waals surface area contributed by atoms with Gasteiger partial charge in [-0.05, 0) is 119 Å². The molecule has 20 heteroatoms. The summed E-state index contributed by atoms with van der Waals surface area (Å²) in [7, 11) is -6.99. The van der Waals surface area contributed by atoms with Gasteiger partial charge in [-0.3, -0.25) is 14.5 Å². The number of anilines is 2. The molecule has 2 aliphatic heterocycles. The smallest absolute Gasteiger partial charge is 0.380 e. The molecule has 2 N–H and O–H groups in total. The maximum Gasteiger partial charge on any atom is 0.501 e.